The third kappa shape index (κ3) is 3.39. The molecule has 22 heavy (non-hydrogen) atoms. The van der Waals surface area contributed by atoms with Crippen LogP contribution in [0.25, 0.3) is 11.0 Å². The average molecular weight is 302 g/mol. The van der Waals surface area contributed by atoms with Crippen LogP contribution in [0.4, 0.5) is 4.79 Å². The first-order chi connectivity index (χ1) is 10.6. The van der Waals surface area contributed by atoms with E-state index in [4.69, 9.17) is 5.11 Å². The normalized spacial score (nSPS) is 15.9. The fourth-order valence-electron chi connectivity index (χ4n) is 2.80. The molecule has 3 rings (SSSR count). The van der Waals surface area contributed by atoms with Gasteiger partial charge in [0.1, 0.15) is 5.65 Å². The van der Waals surface area contributed by atoms with Gasteiger partial charge in [-0.25, -0.2) is 9.78 Å². The van der Waals surface area contributed by atoms with E-state index in [2.05, 4.69) is 39.4 Å². The average Bonchev–Trinajstić information content (AvgIpc) is 3.23. The minimum atomic E-state index is -0.974. The van der Waals surface area contributed by atoms with Gasteiger partial charge in [-0.2, -0.15) is 0 Å². The Hall–Kier alpha value is -2.08. The number of hydrogen-bond acceptors (Lipinski definition) is 3. The van der Waals surface area contributed by atoms with E-state index in [-0.39, 0.29) is 0 Å². The van der Waals surface area contributed by atoms with Crippen molar-refractivity contribution in [2.24, 2.45) is 0 Å². The van der Waals surface area contributed by atoms with Crippen molar-refractivity contribution in [1.29, 1.82) is 0 Å². The van der Waals surface area contributed by atoms with E-state index in [1.165, 1.54) is 23.8 Å². The number of nitrogens with one attached hydrogen (secondary N) is 2. The van der Waals surface area contributed by atoms with Crippen LogP contribution < -0.4 is 10.6 Å². The molecule has 6 heteroatoms. The quantitative estimate of drug-likeness (QED) is 0.687. The van der Waals surface area contributed by atoms with E-state index >= 15 is 0 Å². The Labute approximate surface area is 129 Å². The fourth-order valence-corrected chi connectivity index (χ4v) is 2.80. The summed E-state index contributed by atoms with van der Waals surface area (Å²) in [4.78, 5) is 15.0. The van der Waals surface area contributed by atoms with Crippen LogP contribution in [0.2, 0.25) is 0 Å². The molecule has 2 heterocycles. The van der Waals surface area contributed by atoms with Crippen molar-refractivity contribution in [3.63, 3.8) is 0 Å². The number of nitrogens with zero attached hydrogens (tertiary/aromatic N) is 2. The molecule has 0 aliphatic heterocycles. The van der Waals surface area contributed by atoms with Crippen LogP contribution in [-0.4, -0.2) is 33.3 Å². The van der Waals surface area contributed by atoms with Gasteiger partial charge in [0, 0.05) is 43.0 Å². The summed E-state index contributed by atoms with van der Waals surface area (Å²) in [6.45, 7) is 3.40. The van der Waals surface area contributed by atoms with Gasteiger partial charge in [0.15, 0.2) is 0 Å². The van der Waals surface area contributed by atoms with Crippen molar-refractivity contribution in [2.75, 3.05) is 6.54 Å². The summed E-state index contributed by atoms with van der Waals surface area (Å²) in [6.07, 6.45) is 6.26. The zero-order valence-corrected chi connectivity index (χ0v) is 12.7. The van der Waals surface area contributed by atoms with Gasteiger partial charge in [-0.05, 0) is 43.9 Å². The van der Waals surface area contributed by atoms with Gasteiger partial charge in [0.25, 0.3) is 0 Å². The molecule has 2 aromatic heterocycles. The first-order valence-electron chi connectivity index (χ1n) is 7.82. The highest BCUT2D eigenvalue weighted by Gasteiger charge is 2.24. The SMILES string of the molecule is CC(NC1CC1)c1cn(CCCNC(=O)O)c2ncccc12. The highest BCUT2D eigenvalue weighted by Crippen LogP contribution is 2.29. The largest absolute Gasteiger partial charge is 0.465 e. The summed E-state index contributed by atoms with van der Waals surface area (Å²) in [5, 5.41) is 15.8. The molecule has 2 aromatic rings. The van der Waals surface area contributed by atoms with Gasteiger partial charge in [-0.3, -0.25) is 0 Å². The molecule has 1 saturated carbocycles. The van der Waals surface area contributed by atoms with Crippen molar-refractivity contribution < 1.29 is 9.90 Å². The molecule has 1 aliphatic carbocycles. The lowest BCUT2D eigenvalue weighted by Gasteiger charge is -2.12. The first-order valence-corrected chi connectivity index (χ1v) is 7.82. The molecule has 1 aliphatic rings. The molecule has 0 saturated heterocycles. The third-order valence-electron chi connectivity index (χ3n) is 4.05. The van der Waals surface area contributed by atoms with Crippen LogP contribution in [0.3, 0.4) is 0 Å². The number of pyridine rings is 1. The van der Waals surface area contributed by atoms with Crippen molar-refractivity contribution in [1.82, 2.24) is 20.2 Å². The Morgan fingerprint density at radius 1 is 1.55 bits per heavy atom. The monoisotopic (exact) mass is 302 g/mol. The Kier molecular flexibility index (Phi) is 4.29. The molecule has 6 nitrogen and oxygen atoms in total. The number of carbonyl (C=O) groups is 1. The number of aromatic nitrogens is 2. The molecule has 3 N–H and O–H groups in total. The summed E-state index contributed by atoms with van der Waals surface area (Å²) in [7, 11) is 0. The summed E-state index contributed by atoms with van der Waals surface area (Å²) >= 11 is 0. The number of carboxylic acid groups (broad SMARTS) is 1. The Morgan fingerprint density at radius 2 is 2.36 bits per heavy atom. The lowest BCUT2D eigenvalue weighted by Crippen LogP contribution is -2.22. The van der Waals surface area contributed by atoms with Crippen LogP contribution in [0.1, 0.15) is 37.8 Å². The molecule has 0 spiro atoms. The van der Waals surface area contributed by atoms with Crippen molar-refractivity contribution in [2.45, 2.75) is 44.8 Å². The molecular formula is C16H22N4O2. The number of aryl methyl sites for hydroxylation is 1. The van der Waals surface area contributed by atoms with Crippen molar-refractivity contribution >= 4 is 17.1 Å². The maximum atomic E-state index is 10.5. The molecular weight excluding hydrogens is 280 g/mol. The second kappa shape index (κ2) is 6.36. The fraction of sp³-hybridized carbons (Fsp3) is 0.500. The van der Waals surface area contributed by atoms with Crippen molar-refractivity contribution in [3.8, 4) is 0 Å². The predicted molar refractivity (Wildman–Crippen MR) is 85.0 cm³/mol. The van der Waals surface area contributed by atoms with Crippen LogP contribution in [0.5, 0.6) is 0 Å². The summed E-state index contributed by atoms with van der Waals surface area (Å²) in [5.74, 6) is 0. The van der Waals surface area contributed by atoms with Gasteiger partial charge in [-0.15, -0.1) is 0 Å². The van der Waals surface area contributed by atoms with Crippen LogP contribution >= 0.6 is 0 Å². The van der Waals surface area contributed by atoms with E-state index in [1.807, 2.05) is 6.07 Å². The predicted octanol–water partition coefficient (Wildman–Crippen LogP) is 2.51. The minimum Gasteiger partial charge on any atom is -0.465 e. The van der Waals surface area contributed by atoms with E-state index < -0.39 is 6.09 Å². The van der Waals surface area contributed by atoms with Gasteiger partial charge >= 0.3 is 6.09 Å². The van der Waals surface area contributed by atoms with Gasteiger partial charge in [0.2, 0.25) is 0 Å². The van der Waals surface area contributed by atoms with Crippen molar-refractivity contribution in [3.05, 3.63) is 30.1 Å². The lowest BCUT2D eigenvalue weighted by molar-refractivity contribution is 0.194. The van der Waals surface area contributed by atoms with E-state index in [1.54, 1.807) is 6.20 Å². The van der Waals surface area contributed by atoms with E-state index in [0.29, 0.717) is 18.6 Å². The van der Waals surface area contributed by atoms with Gasteiger partial charge in [-0.1, -0.05) is 0 Å². The second-order valence-corrected chi connectivity index (χ2v) is 5.90. The zero-order chi connectivity index (χ0) is 15.5. The van der Waals surface area contributed by atoms with Crippen LogP contribution in [0, 0.1) is 0 Å². The zero-order valence-electron chi connectivity index (χ0n) is 12.7. The number of rotatable bonds is 7. The summed E-state index contributed by atoms with van der Waals surface area (Å²) in [6, 6.07) is 5.03. The number of fused-ring (bicyclic) bond motifs is 1. The summed E-state index contributed by atoms with van der Waals surface area (Å²) < 4.78 is 2.12. The topological polar surface area (TPSA) is 79.2 Å². The number of amides is 1. The standard InChI is InChI=1S/C16H22N4O2/c1-11(19-12-5-6-12)14-10-20(9-3-8-18-16(21)22)15-13(14)4-2-7-17-15/h2,4,7,10-12,18-19H,3,5-6,8-9H2,1H3,(H,21,22). The smallest absolute Gasteiger partial charge is 0.404 e. The van der Waals surface area contributed by atoms with Crippen LogP contribution in [0.15, 0.2) is 24.5 Å². The van der Waals surface area contributed by atoms with Gasteiger partial charge in [0.05, 0.1) is 0 Å². The lowest BCUT2D eigenvalue weighted by atomic mass is 10.1. The molecule has 1 fully saturated rings. The first kappa shape index (κ1) is 14.8. The van der Waals surface area contributed by atoms with E-state index in [9.17, 15) is 4.79 Å². The minimum absolute atomic E-state index is 0.303. The van der Waals surface area contributed by atoms with Gasteiger partial charge < -0.3 is 20.3 Å². The second-order valence-electron chi connectivity index (χ2n) is 5.90. The third-order valence-corrected chi connectivity index (χ3v) is 4.05. The molecule has 1 amide bonds. The Bertz CT molecular complexity index is 663. The maximum absolute atomic E-state index is 10.5. The Morgan fingerprint density at radius 3 is 3.09 bits per heavy atom. The number of hydrogen-bond donors (Lipinski definition) is 3. The molecule has 0 radical (unpaired) electrons. The molecule has 0 bridgehead atoms. The molecule has 0 aromatic carbocycles. The van der Waals surface area contributed by atoms with E-state index in [0.717, 1.165) is 18.6 Å². The summed E-state index contributed by atoms with van der Waals surface area (Å²) in [5.41, 5.74) is 2.23. The Balaban J connectivity index is 1.75. The highest BCUT2D eigenvalue weighted by molar-refractivity contribution is 5.80. The molecule has 1 unspecified atom stereocenters. The molecule has 1 atom stereocenters. The molecule has 118 valence electrons. The highest BCUT2D eigenvalue weighted by atomic mass is 16.4. The van der Waals surface area contributed by atoms with Crippen LogP contribution in [-0.2, 0) is 6.54 Å². The maximum Gasteiger partial charge on any atom is 0.404 e.